The van der Waals surface area contributed by atoms with Crippen molar-refractivity contribution in [1.82, 2.24) is 30.1 Å². The van der Waals surface area contributed by atoms with Crippen molar-refractivity contribution < 1.29 is 8.42 Å². The molecule has 30 heavy (non-hydrogen) atoms. The highest BCUT2D eigenvalue weighted by molar-refractivity contribution is 14.0. The van der Waals surface area contributed by atoms with Gasteiger partial charge in [0.2, 0.25) is 10.0 Å². The minimum atomic E-state index is -3.57. The van der Waals surface area contributed by atoms with Crippen LogP contribution in [-0.2, 0) is 23.5 Å². The van der Waals surface area contributed by atoms with Crippen molar-refractivity contribution in [2.75, 3.05) is 19.6 Å². The van der Waals surface area contributed by atoms with Crippen LogP contribution in [0.2, 0.25) is 0 Å². The van der Waals surface area contributed by atoms with E-state index in [1.165, 1.54) is 24.0 Å². The maximum Gasteiger partial charge on any atom is 0.242 e. The molecule has 0 bridgehead atoms. The lowest BCUT2D eigenvalue weighted by Crippen LogP contribution is -2.43. The molecule has 0 spiro atoms. The van der Waals surface area contributed by atoms with E-state index in [0.29, 0.717) is 19.0 Å². The normalized spacial score (nSPS) is 12.9. The summed E-state index contributed by atoms with van der Waals surface area (Å²) in [7, 11) is -1.63. The van der Waals surface area contributed by atoms with Crippen LogP contribution < -0.4 is 15.4 Å². The number of sulfonamides is 1. The van der Waals surface area contributed by atoms with Crippen LogP contribution in [0.1, 0.15) is 30.8 Å². The first kappa shape index (κ1) is 26.3. The number of rotatable bonds is 9. The molecule has 0 fully saturated rings. The molecule has 3 N–H and O–H groups in total. The van der Waals surface area contributed by atoms with Gasteiger partial charge in [-0.25, -0.2) is 13.1 Å². The number of nitrogens with one attached hydrogen (secondary N) is 3. The van der Waals surface area contributed by atoms with E-state index in [9.17, 15) is 8.42 Å². The average molecular weight is 549 g/mol. The minimum absolute atomic E-state index is 0. The predicted octanol–water partition coefficient (Wildman–Crippen LogP) is 1.51. The molecule has 2 rings (SSSR count). The largest absolute Gasteiger partial charge is 0.357 e. The van der Waals surface area contributed by atoms with Gasteiger partial charge in [-0.1, -0.05) is 0 Å². The summed E-state index contributed by atoms with van der Waals surface area (Å²) in [6.45, 7) is 9.38. The molecule has 2 aromatic rings. The molecule has 9 nitrogen and oxygen atoms in total. The van der Waals surface area contributed by atoms with E-state index in [1.807, 2.05) is 25.6 Å². The first-order chi connectivity index (χ1) is 13.7. The summed E-state index contributed by atoms with van der Waals surface area (Å²) in [6.07, 6.45) is 3.68. The lowest BCUT2D eigenvalue weighted by atomic mass is 10.1. The van der Waals surface area contributed by atoms with Crippen molar-refractivity contribution in [2.45, 2.75) is 45.1 Å². The Bertz CT molecular complexity index is 930. The van der Waals surface area contributed by atoms with E-state index in [2.05, 4.69) is 44.3 Å². The minimum Gasteiger partial charge on any atom is -0.357 e. The van der Waals surface area contributed by atoms with E-state index in [-0.39, 0.29) is 41.5 Å². The lowest BCUT2D eigenvalue weighted by Gasteiger charge is -2.18. The van der Waals surface area contributed by atoms with Crippen molar-refractivity contribution in [3.05, 3.63) is 41.5 Å². The molecule has 168 valence electrons. The van der Waals surface area contributed by atoms with Crippen LogP contribution in [0.3, 0.4) is 0 Å². The number of aromatic nitrogens is 3. The molecule has 0 amide bonds. The van der Waals surface area contributed by atoms with Crippen LogP contribution >= 0.6 is 24.0 Å². The molecule has 0 aliphatic rings. The van der Waals surface area contributed by atoms with Gasteiger partial charge in [0, 0.05) is 44.3 Å². The second-order valence-corrected chi connectivity index (χ2v) is 8.64. The number of aryl methyl sites for hydroxylation is 2. The van der Waals surface area contributed by atoms with E-state index in [0.717, 1.165) is 17.8 Å². The van der Waals surface area contributed by atoms with E-state index in [4.69, 9.17) is 0 Å². The van der Waals surface area contributed by atoms with Gasteiger partial charge in [0.05, 0.1) is 12.2 Å². The standard InChI is InChI=1S/C19H31N7O2S.HI/c1-6-21-19(24-14(2)12-18-15(3)25-26(5)16(18)4)22-10-11-23-29(27,28)17-8-7-9-20-13-17;/h7-9,13-14,23H,6,10-12H2,1-5H3,(H2,21,22,24);1H. The molecule has 0 aromatic carbocycles. The zero-order chi connectivity index (χ0) is 21.4. The maximum absolute atomic E-state index is 12.2. The Morgan fingerprint density at radius 3 is 2.63 bits per heavy atom. The summed E-state index contributed by atoms with van der Waals surface area (Å²) in [6, 6.07) is 3.24. The summed E-state index contributed by atoms with van der Waals surface area (Å²) in [5.41, 5.74) is 3.42. The molecular weight excluding hydrogens is 517 g/mol. The summed E-state index contributed by atoms with van der Waals surface area (Å²) in [5, 5.41) is 11.0. The molecule has 1 unspecified atom stereocenters. The molecular formula is C19H32IN7O2S. The molecule has 0 radical (unpaired) electrons. The number of nitrogens with zero attached hydrogens (tertiary/aromatic N) is 4. The molecule has 0 aliphatic carbocycles. The highest BCUT2D eigenvalue weighted by Gasteiger charge is 2.15. The topological polar surface area (TPSA) is 113 Å². The summed E-state index contributed by atoms with van der Waals surface area (Å²) in [5.74, 6) is 0.653. The van der Waals surface area contributed by atoms with Crippen LogP contribution in [0, 0.1) is 13.8 Å². The van der Waals surface area contributed by atoms with Gasteiger partial charge in [-0.3, -0.25) is 14.7 Å². The third-order valence-corrected chi connectivity index (χ3v) is 5.96. The molecule has 2 heterocycles. The Kier molecular flexibility index (Phi) is 10.7. The molecule has 1 atom stereocenters. The van der Waals surface area contributed by atoms with Gasteiger partial charge < -0.3 is 10.6 Å². The third-order valence-electron chi connectivity index (χ3n) is 4.52. The SMILES string of the molecule is CCNC(=NCCNS(=O)(=O)c1cccnc1)NC(C)Cc1c(C)nn(C)c1C.I. The van der Waals surface area contributed by atoms with Gasteiger partial charge in [0.15, 0.2) is 5.96 Å². The molecule has 11 heteroatoms. The van der Waals surface area contributed by atoms with Crippen LogP contribution in [0.4, 0.5) is 0 Å². The zero-order valence-electron chi connectivity index (χ0n) is 18.1. The van der Waals surface area contributed by atoms with Gasteiger partial charge in [-0.15, -0.1) is 24.0 Å². The molecule has 0 aliphatic heterocycles. The number of hydrogen-bond acceptors (Lipinski definition) is 5. The van der Waals surface area contributed by atoms with Crippen LogP contribution in [-0.4, -0.2) is 54.8 Å². The smallest absolute Gasteiger partial charge is 0.242 e. The fourth-order valence-corrected chi connectivity index (χ4v) is 3.94. The van der Waals surface area contributed by atoms with Crippen molar-refractivity contribution in [1.29, 1.82) is 0 Å². The number of pyridine rings is 1. The first-order valence-electron chi connectivity index (χ1n) is 9.68. The van der Waals surface area contributed by atoms with E-state index >= 15 is 0 Å². The zero-order valence-corrected chi connectivity index (χ0v) is 21.3. The highest BCUT2D eigenvalue weighted by atomic mass is 127. The predicted molar refractivity (Wildman–Crippen MR) is 130 cm³/mol. The Morgan fingerprint density at radius 1 is 1.33 bits per heavy atom. The number of guanidine groups is 1. The fourth-order valence-electron chi connectivity index (χ4n) is 2.96. The quantitative estimate of drug-likeness (QED) is 0.189. The van der Waals surface area contributed by atoms with Gasteiger partial charge in [-0.2, -0.15) is 5.10 Å². The Hall–Kier alpha value is -1.73. The van der Waals surface area contributed by atoms with Gasteiger partial charge in [0.1, 0.15) is 4.90 Å². The Labute approximate surface area is 196 Å². The van der Waals surface area contributed by atoms with Crippen LogP contribution in [0.15, 0.2) is 34.4 Å². The van der Waals surface area contributed by atoms with Crippen LogP contribution in [0.5, 0.6) is 0 Å². The number of aliphatic imine (C=N–C) groups is 1. The Morgan fingerprint density at radius 2 is 2.07 bits per heavy atom. The third kappa shape index (κ3) is 7.51. The van der Waals surface area contributed by atoms with Crippen LogP contribution in [0.25, 0.3) is 0 Å². The van der Waals surface area contributed by atoms with E-state index < -0.39 is 10.0 Å². The summed E-state index contributed by atoms with van der Waals surface area (Å²) < 4.78 is 28.9. The second kappa shape index (κ2) is 12.2. The van der Waals surface area contributed by atoms with Gasteiger partial charge in [-0.05, 0) is 51.8 Å². The monoisotopic (exact) mass is 549 g/mol. The van der Waals surface area contributed by atoms with Crippen molar-refractivity contribution >= 4 is 40.0 Å². The van der Waals surface area contributed by atoms with Crippen molar-refractivity contribution in [3.63, 3.8) is 0 Å². The lowest BCUT2D eigenvalue weighted by molar-refractivity contribution is 0.581. The maximum atomic E-state index is 12.2. The number of hydrogen-bond donors (Lipinski definition) is 3. The van der Waals surface area contributed by atoms with Crippen molar-refractivity contribution in [2.24, 2.45) is 12.0 Å². The van der Waals surface area contributed by atoms with Gasteiger partial charge in [0.25, 0.3) is 0 Å². The Balaban J connectivity index is 0.00000450. The van der Waals surface area contributed by atoms with E-state index in [1.54, 1.807) is 6.07 Å². The molecule has 2 aromatic heterocycles. The van der Waals surface area contributed by atoms with Crippen molar-refractivity contribution in [3.8, 4) is 0 Å². The second-order valence-electron chi connectivity index (χ2n) is 6.87. The fraction of sp³-hybridized carbons (Fsp3) is 0.526. The summed E-state index contributed by atoms with van der Waals surface area (Å²) in [4.78, 5) is 8.46. The highest BCUT2D eigenvalue weighted by Crippen LogP contribution is 2.14. The molecule has 0 saturated carbocycles. The molecule has 0 saturated heterocycles. The number of halogens is 1. The summed E-state index contributed by atoms with van der Waals surface area (Å²) >= 11 is 0. The average Bonchev–Trinajstić information content (AvgIpc) is 2.92. The first-order valence-corrected chi connectivity index (χ1v) is 11.2. The van der Waals surface area contributed by atoms with Gasteiger partial charge >= 0.3 is 0 Å².